The lowest BCUT2D eigenvalue weighted by molar-refractivity contribution is -0.144. The van der Waals surface area contributed by atoms with E-state index in [0.717, 1.165) is 38.5 Å². The first kappa shape index (κ1) is 30.6. The van der Waals surface area contributed by atoms with Crippen LogP contribution in [-0.2, 0) is 14.3 Å². The highest BCUT2D eigenvalue weighted by molar-refractivity contribution is 5.80. The largest absolute Gasteiger partial charge is 0.464 e. The van der Waals surface area contributed by atoms with E-state index in [4.69, 9.17) is 4.74 Å². The van der Waals surface area contributed by atoms with Crippen LogP contribution in [0.15, 0.2) is 12.2 Å². The number of unbranched alkanes of at least 4 members (excludes halogenated alkanes) is 9. The average Bonchev–Trinajstić information content (AvgIpc) is 2.76. The molecule has 1 amide bonds. The number of nitrogens with one attached hydrogen (secondary N) is 1. The van der Waals surface area contributed by atoms with Crippen molar-refractivity contribution in [3.05, 3.63) is 12.2 Å². The Hall–Kier alpha value is -1.44. The smallest absolute Gasteiger partial charge is 0.302 e. The summed E-state index contributed by atoms with van der Waals surface area (Å²) in [7, 11) is 0. The quantitative estimate of drug-likeness (QED) is 0.126. The summed E-state index contributed by atoms with van der Waals surface area (Å²) in [5.41, 5.74) is 0. The van der Waals surface area contributed by atoms with E-state index in [9.17, 15) is 24.9 Å². The lowest BCUT2D eigenvalue weighted by Crippen LogP contribution is -2.49. The van der Waals surface area contributed by atoms with Gasteiger partial charge in [-0.3, -0.25) is 9.59 Å². The summed E-state index contributed by atoms with van der Waals surface area (Å²) in [6.45, 7) is 5.30. The van der Waals surface area contributed by atoms with Crippen molar-refractivity contribution in [3.8, 4) is 0 Å². The van der Waals surface area contributed by atoms with E-state index in [1.165, 1.54) is 51.2 Å². The number of carbonyl (C=O) groups excluding carboxylic acids is 2. The zero-order valence-corrected chi connectivity index (χ0v) is 20.4. The molecule has 0 rings (SSSR count). The van der Waals surface area contributed by atoms with E-state index >= 15 is 0 Å². The molecule has 0 saturated heterocycles. The molecule has 7 heteroatoms. The van der Waals surface area contributed by atoms with Gasteiger partial charge in [0.15, 0.2) is 0 Å². The van der Waals surface area contributed by atoms with Crippen LogP contribution in [0.2, 0.25) is 0 Å². The Kier molecular flexibility index (Phi) is 19.3. The molecule has 0 aromatic carbocycles. The van der Waals surface area contributed by atoms with E-state index in [-0.39, 0.29) is 6.61 Å². The second-order valence-electron chi connectivity index (χ2n) is 8.64. The number of esters is 1. The van der Waals surface area contributed by atoms with Crippen LogP contribution in [0.1, 0.15) is 104 Å². The van der Waals surface area contributed by atoms with Crippen LogP contribution in [0.5, 0.6) is 0 Å². The van der Waals surface area contributed by atoms with E-state index in [1.807, 2.05) is 0 Å². The molecule has 7 nitrogen and oxygen atoms in total. The second-order valence-corrected chi connectivity index (χ2v) is 8.64. The lowest BCUT2D eigenvalue weighted by atomic mass is 10.0. The van der Waals surface area contributed by atoms with Crippen LogP contribution >= 0.6 is 0 Å². The average molecular weight is 458 g/mol. The highest BCUT2D eigenvalue weighted by atomic mass is 16.5. The molecule has 0 aliphatic rings. The molecule has 32 heavy (non-hydrogen) atoms. The van der Waals surface area contributed by atoms with Crippen LogP contribution in [0.25, 0.3) is 0 Å². The first-order valence-corrected chi connectivity index (χ1v) is 12.5. The zero-order chi connectivity index (χ0) is 24.2. The minimum absolute atomic E-state index is 0.219. The normalized spacial score (nSPS) is 15.3. The number of hydrogen-bond acceptors (Lipinski definition) is 6. The third kappa shape index (κ3) is 17.2. The SMILES string of the molecule is CCCCCCCCCCC(O)C(=O)NC(COC(C)=O)C(O)C=CC(O)CCCCC. The topological polar surface area (TPSA) is 116 Å². The first-order chi connectivity index (χ1) is 15.3. The van der Waals surface area contributed by atoms with Gasteiger partial charge in [0.25, 0.3) is 0 Å². The minimum atomic E-state index is -1.18. The van der Waals surface area contributed by atoms with Gasteiger partial charge in [0.1, 0.15) is 12.7 Å². The van der Waals surface area contributed by atoms with E-state index < -0.39 is 36.2 Å². The Morgan fingerprint density at radius 2 is 1.34 bits per heavy atom. The van der Waals surface area contributed by atoms with Crippen LogP contribution < -0.4 is 5.32 Å². The van der Waals surface area contributed by atoms with Crippen molar-refractivity contribution in [1.82, 2.24) is 5.32 Å². The molecule has 0 aliphatic carbocycles. The summed E-state index contributed by atoms with van der Waals surface area (Å²) >= 11 is 0. The highest BCUT2D eigenvalue weighted by Gasteiger charge is 2.24. The standard InChI is InChI=1S/C25H47NO6/c1-4-6-8-9-10-11-12-14-16-24(30)25(31)26-22(19-32-20(3)27)23(29)18-17-21(28)15-13-7-5-2/h17-18,21-24,28-30H,4-16,19H2,1-3H3,(H,26,31). The molecule has 0 saturated carbocycles. The Morgan fingerprint density at radius 3 is 1.94 bits per heavy atom. The van der Waals surface area contributed by atoms with Crippen molar-refractivity contribution in [3.63, 3.8) is 0 Å². The van der Waals surface area contributed by atoms with Crippen molar-refractivity contribution in [2.75, 3.05) is 6.61 Å². The maximum absolute atomic E-state index is 12.4. The van der Waals surface area contributed by atoms with Gasteiger partial charge in [0.2, 0.25) is 5.91 Å². The van der Waals surface area contributed by atoms with Gasteiger partial charge < -0.3 is 25.4 Å². The van der Waals surface area contributed by atoms with Gasteiger partial charge >= 0.3 is 5.97 Å². The summed E-state index contributed by atoms with van der Waals surface area (Å²) in [5, 5.41) is 33.2. The van der Waals surface area contributed by atoms with Crippen molar-refractivity contribution >= 4 is 11.9 Å². The maximum atomic E-state index is 12.4. The number of aliphatic hydroxyl groups is 3. The van der Waals surface area contributed by atoms with Crippen molar-refractivity contribution in [1.29, 1.82) is 0 Å². The van der Waals surface area contributed by atoms with E-state index in [2.05, 4.69) is 19.2 Å². The molecular formula is C25H47NO6. The van der Waals surface area contributed by atoms with Gasteiger partial charge in [-0.25, -0.2) is 0 Å². The maximum Gasteiger partial charge on any atom is 0.302 e. The third-order valence-electron chi connectivity index (χ3n) is 5.47. The van der Waals surface area contributed by atoms with Gasteiger partial charge in [-0.2, -0.15) is 0 Å². The Balaban J connectivity index is 4.49. The molecule has 0 aliphatic heterocycles. The molecule has 4 atom stereocenters. The van der Waals surface area contributed by atoms with E-state index in [0.29, 0.717) is 12.8 Å². The van der Waals surface area contributed by atoms with Crippen molar-refractivity contribution < 1.29 is 29.6 Å². The summed E-state index contributed by atoms with van der Waals surface area (Å²) in [6.07, 6.45) is 12.8. The molecule has 0 bridgehead atoms. The van der Waals surface area contributed by atoms with Gasteiger partial charge in [0.05, 0.1) is 18.2 Å². The Morgan fingerprint density at radius 1 is 0.812 bits per heavy atom. The second kappa shape index (κ2) is 20.2. The number of ether oxygens (including phenoxy) is 1. The first-order valence-electron chi connectivity index (χ1n) is 12.5. The summed E-state index contributed by atoms with van der Waals surface area (Å²) in [6, 6.07) is -0.904. The number of aliphatic hydroxyl groups excluding tert-OH is 3. The van der Waals surface area contributed by atoms with E-state index in [1.54, 1.807) is 0 Å². The molecule has 4 unspecified atom stereocenters. The minimum Gasteiger partial charge on any atom is -0.464 e. The summed E-state index contributed by atoms with van der Waals surface area (Å²) in [4.78, 5) is 23.5. The van der Waals surface area contributed by atoms with Crippen molar-refractivity contribution in [2.24, 2.45) is 0 Å². The molecular weight excluding hydrogens is 410 g/mol. The molecule has 188 valence electrons. The number of amides is 1. The van der Waals surface area contributed by atoms with Gasteiger partial charge in [0, 0.05) is 6.92 Å². The molecule has 0 fully saturated rings. The summed E-state index contributed by atoms with van der Waals surface area (Å²) in [5.74, 6) is -1.12. The number of hydrogen-bond donors (Lipinski definition) is 4. The molecule has 0 radical (unpaired) electrons. The Labute approximate surface area is 194 Å². The van der Waals surface area contributed by atoms with Crippen LogP contribution in [-0.4, -0.2) is 58.2 Å². The molecule has 0 aromatic rings. The predicted molar refractivity (Wildman–Crippen MR) is 127 cm³/mol. The van der Waals surface area contributed by atoms with Crippen LogP contribution in [0.4, 0.5) is 0 Å². The number of carbonyl (C=O) groups is 2. The lowest BCUT2D eigenvalue weighted by Gasteiger charge is -2.23. The fraction of sp³-hybridized carbons (Fsp3) is 0.840. The van der Waals surface area contributed by atoms with Gasteiger partial charge in [-0.05, 0) is 12.8 Å². The van der Waals surface area contributed by atoms with Gasteiger partial charge in [-0.1, -0.05) is 96.6 Å². The molecule has 4 N–H and O–H groups in total. The monoisotopic (exact) mass is 457 g/mol. The fourth-order valence-electron chi connectivity index (χ4n) is 3.39. The summed E-state index contributed by atoms with van der Waals surface area (Å²) < 4.78 is 4.95. The predicted octanol–water partition coefficient (Wildman–Crippen LogP) is 3.78. The molecule has 0 aromatic heterocycles. The molecule has 0 heterocycles. The zero-order valence-electron chi connectivity index (χ0n) is 20.4. The Bertz CT molecular complexity index is 511. The molecule has 0 spiro atoms. The van der Waals surface area contributed by atoms with Gasteiger partial charge in [-0.15, -0.1) is 0 Å². The highest BCUT2D eigenvalue weighted by Crippen LogP contribution is 2.11. The third-order valence-corrected chi connectivity index (χ3v) is 5.47. The van der Waals surface area contributed by atoms with Crippen molar-refractivity contribution in [2.45, 2.75) is 129 Å². The van der Waals surface area contributed by atoms with Crippen LogP contribution in [0, 0.1) is 0 Å². The van der Waals surface area contributed by atoms with Crippen LogP contribution in [0.3, 0.4) is 0 Å². The number of rotatable bonds is 20. The fourth-order valence-corrected chi connectivity index (χ4v) is 3.39.